The molecule has 0 radical (unpaired) electrons. The molecule has 0 aromatic heterocycles. The van der Waals surface area contributed by atoms with Gasteiger partial charge < -0.3 is 24.1 Å². The van der Waals surface area contributed by atoms with E-state index in [4.69, 9.17) is 18.9 Å². The van der Waals surface area contributed by atoms with Gasteiger partial charge in [-0.2, -0.15) is 0 Å². The molecule has 188 valence electrons. The summed E-state index contributed by atoms with van der Waals surface area (Å²) < 4.78 is 22.0. The zero-order chi connectivity index (χ0) is 25.6. The van der Waals surface area contributed by atoms with Gasteiger partial charge in [0.1, 0.15) is 6.10 Å². The number of ether oxygens (including phenoxy) is 4. The van der Waals surface area contributed by atoms with Gasteiger partial charge >= 0.3 is 23.9 Å². The minimum Gasteiger partial charge on any atom is -0.466 e. The second-order valence-corrected chi connectivity index (χ2v) is 8.82. The highest BCUT2D eigenvalue weighted by Gasteiger charge is 2.51. The summed E-state index contributed by atoms with van der Waals surface area (Å²) in [5.41, 5.74) is 0.558. The van der Waals surface area contributed by atoms with E-state index in [1.807, 2.05) is 6.92 Å². The molecule has 0 saturated carbocycles. The zero-order valence-corrected chi connectivity index (χ0v) is 20.4. The molecule has 9 nitrogen and oxygen atoms in total. The Hall–Kier alpha value is -2.94. The second-order valence-electron chi connectivity index (χ2n) is 8.82. The number of rotatable bonds is 7. The molecule has 9 heteroatoms. The zero-order valence-electron chi connectivity index (χ0n) is 20.4. The molecule has 34 heavy (non-hydrogen) atoms. The maximum atomic E-state index is 12.8. The summed E-state index contributed by atoms with van der Waals surface area (Å²) in [4.78, 5) is 50.9. The molecule has 1 N–H and O–H groups in total. The van der Waals surface area contributed by atoms with Crippen LogP contribution >= 0.6 is 0 Å². The fraction of sp³-hybridized carbons (Fsp3) is 0.600. The van der Waals surface area contributed by atoms with Gasteiger partial charge in [-0.25, -0.2) is 9.59 Å². The summed E-state index contributed by atoms with van der Waals surface area (Å²) in [6.45, 7) is 10.3. The molecule has 5 atom stereocenters. The van der Waals surface area contributed by atoms with Gasteiger partial charge in [0, 0.05) is 5.57 Å². The van der Waals surface area contributed by atoms with Crippen molar-refractivity contribution in [2.45, 2.75) is 65.3 Å². The highest BCUT2D eigenvalue weighted by Crippen LogP contribution is 2.38. The van der Waals surface area contributed by atoms with E-state index in [1.54, 1.807) is 32.9 Å². The third-order valence-corrected chi connectivity index (χ3v) is 6.06. The number of aliphatic hydroxyl groups excluding tert-OH is 1. The minimum atomic E-state index is -1.36. The molecule has 0 unspecified atom stereocenters. The number of allylic oxidation sites excluding steroid dienone is 1. The Balaban J connectivity index is 2.73. The van der Waals surface area contributed by atoms with Crippen molar-refractivity contribution < 1.29 is 43.2 Å². The molecule has 1 aliphatic carbocycles. The summed E-state index contributed by atoms with van der Waals surface area (Å²) >= 11 is 0. The van der Waals surface area contributed by atoms with Gasteiger partial charge in [-0.05, 0) is 30.9 Å². The molecule has 0 aromatic carbocycles. The van der Waals surface area contributed by atoms with Gasteiger partial charge in [-0.15, -0.1) is 0 Å². The van der Waals surface area contributed by atoms with Crippen LogP contribution in [-0.4, -0.2) is 61.0 Å². The molecule has 0 aromatic rings. The van der Waals surface area contributed by atoms with Crippen molar-refractivity contribution in [1.29, 1.82) is 0 Å². The summed E-state index contributed by atoms with van der Waals surface area (Å²) in [7, 11) is 1.19. The second kappa shape index (κ2) is 12.0. The Morgan fingerprint density at radius 3 is 2.44 bits per heavy atom. The summed E-state index contributed by atoms with van der Waals surface area (Å²) in [6.07, 6.45) is 0.683. The first-order valence-corrected chi connectivity index (χ1v) is 11.4. The van der Waals surface area contributed by atoms with E-state index >= 15 is 0 Å². The van der Waals surface area contributed by atoms with Crippen LogP contribution in [0, 0.1) is 17.8 Å². The number of hydrogen-bond acceptors (Lipinski definition) is 9. The third-order valence-electron chi connectivity index (χ3n) is 6.06. The summed E-state index contributed by atoms with van der Waals surface area (Å²) in [6, 6.07) is 0. The van der Waals surface area contributed by atoms with Gasteiger partial charge in [-0.1, -0.05) is 40.3 Å². The van der Waals surface area contributed by atoms with Crippen molar-refractivity contribution in [3.05, 3.63) is 35.5 Å². The molecule has 1 fully saturated rings. The molecule has 1 saturated heterocycles. The number of methoxy groups -OCH3 is 1. The number of carbonyl (C=O) groups excluding carboxylic acids is 4. The number of fused-ring (bicyclic) bond motifs is 1. The summed E-state index contributed by atoms with van der Waals surface area (Å²) in [5, 5.41) is 9.79. The van der Waals surface area contributed by atoms with Crippen molar-refractivity contribution in [1.82, 2.24) is 0 Å². The van der Waals surface area contributed by atoms with Crippen LogP contribution in [0.2, 0.25) is 0 Å². The van der Waals surface area contributed by atoms with E-state index in [-0.39, 0.29) is 17.8 Å². The predicted octanol–water partition coefficient (Wildman–Crippen LogP) is 2.42. The van der Waals surface area contributed by atoms with Crippen LogP contribution in [0.1, 0.15) is 47.0 Å². The average molecular weight is 479 g/mol. The summed E-state index contributed by atoms with van der Waals surface area (Å²) in [5.74, 6) is -4.67. The fourth-order valence-corrected chi connectivity index (χ4v) is 3.73. The highest BCUT2D eigenvalue weighted by molar-refractivity contribution is 5.93. The molecule has 2 rings (SSSR count). The third kappa shape index (κ3) is 6.14. The SMILES string of the molecule is C=C1C(=O)O[C@@H]2/C=C(/CO)CC/C=C(/C(=O)OC)[C@@H](OC(=O)[C@H](C)CC)[C@@H](OC(=O)C(C)C)[C@@H]12. The molecular weight excluding hydrogens is 444 g/mol. The Kier molecular flexibility index (Phi) is 9.61. The Bertz CT molecular complexity index is 883. The van der Waals surface area contributed by atoms with Crippen LogP contribution < -0.4 is 0 Å². The van der Waals surface area contributed by atoms with Crippen molar-refractivity contribution in [2.24, 2.45) is 17.8 Å². The highest BCUT2D eigenvalue weighted by atomic mass is 16.6. The Labute approximate surface area is 199 Å². The van der Waals surface area contributed by atoms with E-state index in [1.165, 1.54) is 7.11 Å². The van der Waals surface area contributed by atoms with Crippen molar-refractivity contribution in [3.8, 4) is 0 Å². The largest absolute Gasteiger partial charge is 0.466 e. The van der Waals surface area contributed by atoms with Crippen LogP contribution in [-0.2, 0) is 38.1 Å². The van der Waals surface area contributed by atoms with E-state index < -0.39 is 59.9 Å². The number of hydrogen-bond donors (Lipinski definition) is 1. The van der Waals surface area contributed by atoms with Gasteiger partial charge in [-0.3, -0.25) is 9.59 Å². The van der Waals surface area contributed by atoms with Crippen LogP contribution in [0.15, 0.2) is 35.5 Å². The fourth-order valence-electron chi connectivity index (χ4n) is 3.73. The van der Waals surface area contributed by atoms with Gasteiger partial charge in [0.25, 0.3) is 0 Å². The van der Waals surface area contributed by atoms with Crippen LogP contribution in [0.4, 0.5) is 0 Å². The predicted molar refractivity (Wildman–Crippen MR) is 121 cm³/mol. The minimum absolute atomic E-state index is 0.00877. The lowest BCUT2D eigenvalue weighted by Crippen LogP contribution is -2.47. The topological polar surface area (TPSA) is 125 Å². The molecule has 1 aliphatic heterocycles. The van der Waals surface area contributed by atoms with E-state index in [0.29, 0.717) is 24.8 Å². The molecule has 2 aliphatic rings. The van der Waals surface area contributed by atoms with Gasteiger partial charge in [0.15, 0.2) is 12.2 Å². The number of esters is 4. The lowest BCUT2D eigenvalue weighted by Gasteiger charge is -2.34. The van der Waals surface area contributed by atoms with E-state index in [2.05, 4.69) is 6.58 Å². The van der Waals surface area contributed by atoms with Crippen LogP contribution in [0.25, 0.3) is 0 Å². The van der Waals surface area contributed by atoms with Crippen LogP contribution in [0.3, 0.4) is 0 Å². The molecule has 0 bridgehead atoms. The smallest absolute Gasteiger partial charge is 0.337 e. The van der Waals surface area contributed by atoms with Crippen molar-refractivity contribution in [2.75, 3.05) is 13.7 Å². The molecule has 0 spiro atoms. The first kappa shape index (κ1) is 27.3. The first-order chi connectivity index (χ1) is 16.0. The quantitative estimate of drug-likeness (QED) is 0.254. The lowest BCUT2D eigenvalue weighted by atomic mass is 9.83. The molecular formula is C25H34O9. The lowest BCUT2D eigenvalue weighted by molar-refractivity contribution is -0.175. The van der Waals surface area contributed by atoms with Crippen LogP contribution in [0.5, 0.6) is 0 Å². The first-order valence-electron chi connectivity index (χ1n) is 11.4. The van der Waals surface area contributed by atoms with Gasteiger partial charge in [0.2, 0.25) is 0 Å². The van der Waals surface area contributed by atoms with Gasteiger partial charge in [0.05, 0.1) is 37.0 Å². The average Bonchev–Trinajstić information content (AvgIpc) is 3.09. The van der Waals surface area contributed by atoms with E-state index in [0.717, 1.165) is 0 Å². The maximum absolute atomic E-state index is 12.8. The van der Waals surface area contributed by atoms with Crippen molar-refractivity contribution in [3.63, 3.8) is 0 Å². The Morgan fingerprint density at radius 1 is 1.21 bits per heavy atom. The number of carbonyl (C=O) groups is 4. The monoisotopic (exact) mass is 478 g/mol. The molecule has 0 amide bonds. The number of aliphatic hydroxyl groups is 1. The Morgan fingerprint density at radius 2 is 1.88 bits per heavy atom. The molecule has 1 heterocycles. The van der Waals surface area contributed by atoms with Crippen molar-refractivity contribution >= 4 is 23.9 Å². The standard InChI is InChI=1S/C25H34O9/c1-7-14(4)23(28)33-20-17(25(30)31-6)10-8-9-16(12-26)11-18-19(15(5)24(29)32-18)21(20)34-22(27)13(2)3/h10-11,13-14,18-21,26H,5,7-9,12H2,1-4,6H3/b16-11+,17-10+/t14-,18-,19+,20-,21+/m1/s1. The maximum Gasteiger partial charge on any atom is 0.337 e. The normalized spacial score (nSPS) is 29.0. The van der Waals surface area contributed by atoms with E-state index in [9.17, 15) is 24.3 Å².